The van der Waals surface area contributed by atoms with Crippen molar-refractivity contribution in [1.82, 2.24) is 5.32 Å². The molecule has 0 saturated heterocycles. The Balaban J connectivity index is 1.80. The molecule has 3 rings (SSSR count). The van der Waals surface area contributed by atoms with E-state index in [1.807, 2.05) is 63.2 Å². The maximum atomic E-state index is 11.3. The van der Waals surface area contributed by atoms with Gasteiger partial charge in [0.05, 0.1) is 17.2 Å². The van der Waals surface area contributed by atoms with Crippen molar-refractivity contribution >= 4 is 28.3 Å². The van der Waals surface area contributed by atoms with Crippen molar-refractivity contribution in [3.05, 3.63) is 65.2 Å². The van der Waals surface area contributed by atoms with Crippen LogP contribution in [0.3, 0.4) is 0 Å². The molecule has 4 nitrogen and oxygen atoms in total. The van der Waals surface area contributed by atoms with Crippen LogP contribution in [0.4, 0.5) is 0 Å². The summed E-state index contributed by atoms with van der Waals surface area (Å²) in [4.78, 5) is 11.3. The minimum atomic E-state index is -0.0435. The molecule has 146 valence electrons. The topological polar surface area (TPSA) is 47.6 Å². The molecule has 0 spiro atoms. The summed E-state index contributed by atoms with van der Waals surface area (Å²) in [7, 11) is 0. The molecule has 0 bridgehead atoms. The van der Waals surface area contributed by atoms with E-state index in [1.165, 1.54) is 6.92 Å². The van der Waals surface area contributed by atoms with Crippen LogP contribution in [0.25, 0.3) is 10.8 Å². The third-order valence-corrected chi connectivity index (χ3v) is 4.55. The number of hydrogen-bond donors (Lipinski definition) is 1. The summed E-state index contributed by atoms with van der Waals surface area (Å²) >= 11 is 6.34. The van der Waals surface area contributed by atoms with Crippen LogP contribution in [0.15, 0.2) is 54.6 Å². The van der Waals surface area contributed by atoms with Gasteiger partial charge in [-0.25, -0.2) is 0 Å². The Kier molecular flexibility index (Phi) is 6.10. The average Bonchev–Trinajstić information content (AvgIpc) is 2.62. The monoisotopic (exact) mass is 397 g/mol. The average molecular weight is 398 g/mol. The fourth-order valence-corrected chi connectivity index (χ4v) is 3.21. The summed E-state index contributed by atoms with van der Waals surface area (Å²) < 4.78 is 11.6. The van der Waals surface area contributed by atoms with Gasteiger partial charge in [-0.3, -0.25) is 4.79 Å². The largest absolute Gasteiger partial charge is 0.491 e. The molecule has 3 aromatic rings. The lowest BCUT2D eigenvalue weighted by Gasteiger charge is -2.14. The van der Waals surface area contributed by atoms with Crippen LogP contribution in [-0.2, 0) is 4.79 Å². The molecule has 0 aliphatic carbocycles. The summed E-state index contributed by atoms with van der Waals surface area (Å²) in [5.74, 6) is 1.95. The summed E-state index contributed by atoms with van der Waals surface area (Å²) in [6, 6.07) is 17.4. The van der Waals surface area contributed by atoms with Gasteiger partial charge in [0.15, 0.2) is 0 Å². The smallest absolute Gasteiger partial charge is 0.217 e. The third-order valence-electron chi connectivity index (χ3n) is 4.26. The van der Waals surface area contributed by atoms with Gasteiger partial charge >= 0.3 is 0 Å². The van der Waals surface area contributed by atoms with Crippen LogP contribution in [0, 0.1) is 0 Å². The zero-order valence-corrected chi connectivity index (χ0v) is 17.2. The highest BCUT2D eigenvalue weighted by molar-refractivity contribution is 6.32. The number of carbonyl (C=O) groups is 1. The fraction of sp³-hybridized carbons (Fsp3) is 0.261. The van der Waals surface area contributed by atoms with Gasteiger partial charge < -0.3 is 14.8 Å². The molecule has 0 saturated carbocycles. The van der Waals surface area contributed by atoms with Crippen LogP contribution >= 0.6 is 11.6 Å². The van der Waals surface area contributed by atoms with E-state index in [2.05, 4.69) is 11.4 Å². The Hall–Kier alpha value is -2.72. The maximum absolute atomic E-state index is 11.3. The molecule has 1 N–H and O–H groups in total. The number of nitrogens with one attached hydrogen (secondary N) is 1. The predicted molar refractivity (Wildman–Crippen MR) is 113 cm³/mol. The summed E-state index contributed by atoms with van der Waals surface area (Å²) in [6.07, 6.45) is 0.0848. The van der Waals surface area contributed by atoms with Gasteiger partial charge in [-0.2, -0.15) is 0 Å². The molecule has 0 aliphatic heterocycles. The van der Waals surface area contributed by atoms with Crippen molar-refractivity contribution in [2.45, 2.75) is 39.8 Å². The first-order valence-corrected chi connectivity index (χ1v) is 9.64. The number of rotatable bonds is 6. The molecular weight excluding hydrogens is 374 g/mol. The Morgan fingerprint density at radius 2 is 1.61 bits per heavy atom. The SMILES string of the molecule is CC(=O)NC(C)c1ccc2cc(Oc3ccc(OC(C)C)cc3Cl)ccc2c1. The van der Waals surface area contributed by atoms with Crippen molar-refractivity contribution < 1.29 is 14.3 Å². The minimum Gasteiger partial charge on any atom is -0.491 e. The van der Waals surface area contributed by atoms with Gasteiger partial charge in [-0.15, -0.1) is 0 Å². The third kappa shape index (κ3) is 4.96. The van der Waals surface area contributed by atoms with E-state index in [-0.39, 0.29) is 18.1 Å². The van der Waals surface area contributed by atoms with E-state index in [0.717, 1.165) is 16.3 Å². The maximum Gasteiger partial charge on any atom is 0.217 e. The quantitative estimate of drug-likeness (QED) is 0.533. The lowest BCUT2D eigenvalue weighted by molar-refractivity contribution is -0.119. The molecule has 0 aromatic heterocycles. The van der Waals surface area contributed by atoms with E-state index in [4.69, 9.17) is 21.1 Å². The second-order valence-corrected chi connectivity index (χ2v) is 7.46. The molecule has 0 fully saturated rings. The highest BCUT2D eigenvalue weighted by Gasteiger charge is 2.09. The number of ether oxygens (including phenoxy) is 2. The molecule has 5 heteroatoms. The van der Waals surface area contributed by atoms with Crippen molar-refractivity contribution in [2.75, 3.05) is 0 Å². The van der Waals surface area contributed by atoms with Crippen LogP contribution in [0.5, 0.6) is 17.2 Å². The molecule has 1 unspecified atom stereocenters. The number of hydrogen-bond acceptors (Lipinski definition) is 3. The highest BCUT2D eigenvalue weighted by Crippen LogP contribution is 2.34. The highest BCUT2D eigenvalue weighted by atomic mass is 35.5. The molecule has 0 aliphatic rings. The van der Waals surface area contributed by atoms with Crippen molar-refractivity contribution in [3.8, 4) is 17.2 Å². The molecule has 1 amide bonds. The molecule has 1 atom stereocenters. The number of benzene rings is 3. The van der Waals surface area contributed by atoms with Crippen molar-refractivity contribution in [2.24, 2.45) is 0 Å². The predicted octanol–water partition coefficient (Wildman–Crippen LogP) is 6.27. The number of carbonyl (C=O) groups excluding carboxylic acids is 1. The first-order chi connectivity index (χ1) is 13.3. The van der Waals surface area contributed by atoms with E-state index in [9.17, 15) is 4.79 Å². The van der Waals surface area contributed by atoms with Crippen LogP contribution in [0.1, 0.15) is 39.3 Å². The van der Waals surface area contributed by atoms with E-state index >= 15 is 0 Å². The van der Waals surface area contributed by atoms with Gasteiger partial charge in [-0.05, 0) is 67.4 Å². The molecule has 3 aromatic carbocycles. The second kappa shape index (κ2) is 8.53. The Labute approximate surface area is 170 Å². The minimum absolute atomic E-state index is 0.0387. The number of halogens is 1. The van der Waals surface area contributed by atoms with Crippen molar-refractivity contribution in [3.63, 3.8) is 0 Å². The van der Waals surface area contributed by atoms with E-state index in [0.29, 0.717) is 22.3 Å². The molecule has 28 heavy (non-hydrogen) atoms. The number of amides is 1. The summed E-state index contributed by atoms with van der Waals surface area (Å²) in [6.45, 7) is 7.42. The van der Waals surface area contributed by atoms with Gasteiger partial charge in [-0.1, -0.05) is 29.8 Å². The number of fused-ring (bicyclic) bond motifs is 1. The van der Waals surface area contributed by atoms with E-state index in [1.54, 1.807) is 6.07 Å². The lowest BCUT2D eigenvalue weighted by atomic mass is 10.0. The van der Waals surface area contributed by atoms with E-state index < -0.39 is 0 Å². The molecule has 0 radical (unpaired) electrons. The van der Waals surface area contributed by atoms with Gasteiger partial charge in [0.2, 0.25) is 5.91 Å². The van der Waals surface area contributed by atoms with Crippen LogP contribution in [-0.4, -0.2) is 12.0 Å². The zero-order chi connectivity index (χ0) is 20.3. The standard InChI is InChI=1S/C23H24ClNO3/c1-14(2)27-21-9-10-23(22(24)13-21)28-20-8-7-18-11-17(5-6-19(18)12-20)15(3)25-16(4)26/h5-15H,1-4H3,(H,25,26). The molecular formula is C23H24ClNO3. The van der Waals surface area contributed by atoms with Crippen molar-refractivity contribution in [1.29, 1.82) is 0 Å². The zero-order valence-electron chi connectivity index (χ0n) is 16.5. The first-order valence-electron chi connectivity index (χ1n) is 9.26. The Bertz CT molecular complexity index is 1000. The molecule has 0 heterocycles. The lowest BCUT2D eigenvalue weighted by Crippen LogP contribution is -2.23. The van der Waals surface area contributed by atoms with Gasteiger partial charge in [0.1, 0.15) is 17.2 Å². The van der Waals surface area contributed by atoms with Gasteiger partial charge in [0.25, 0.3) is 0 Å². The Morgan fingerprint density at radius 1 is 0.929 bits per heavy atom. The fourth-order valence-electron chi connectivity index (χ4n) is 3.00. The van der Waals surface area contributed by atoms with Crippen LogP contribution < -0.4 is 14.8 Å². The Morgan fingerprint density at radius 3 is 2.29 bits per heavy atom. The normalized spacial score (nSPS) is 12.1. The van der Waals surface area contributed by atoms with Gasteiger partial charge in [0, 0.05) is 13.0 Å². The summed E-state index contributed by atoms with van der Waals surface area (Å²) in [5, 5.41) is 5.53. The second-order valence-electron chi connectivity index (χ2n) is 7.05. The summed E-state index contributed by atoms with van der Waals surface area (Å²) in [5.41, 5.74) is 1.06. The van der Waals surface area contributed by atoms with Crippen LogP contribution in [0.2, 0.25) is 5.02 Å². The first kappa shape index (κ1) is 20.0.